The van der Waals surface area contributed by atoms with Crippen molar-refractivity contribution in [1.29, 1.82) is 0 Å². The molecule has 0 bridgehead atoms. The molecule has 0 saturated carbocycles. The third-order valence-electron chi connectivity index (χ3n) is 14.1. The first-order valence-corrected chi connectivity index (χ1v) is 24.5. The van der Waals surface area contributed by atoms with E-state index in [1.54, 1.807) is 0 Å². The van der Waals surface area contributed by atoms with Crippen LogP contribution in [0.25, 0.3) is 0 Å². The fraction of sp³-hybridized carbons (Fsp3) is 0.930. The van der Waals surface area contributed by atoms with Crippen molar-refractivity contribution in [2.24, 2.45) is 0 Å². The SMILES string of the molecule is CC(=O)N[C@H]1[C@H]([C@H](O)[C@H](O)CO)O[C@@](OC[C@H]2OC(O)[C@H](NC(C)=O)[C@@H](O[C@@H]3O[C@H](CO)[C@H](O)[C@H](O[C@@H]4O[C@H](CO)[C@H](O)[C@H](O)[C@H]4O[C@@H]4O[C@@H](C)[C@@H](O)[C@@H](O)[C@@H]4O)[C@H]3O[C@@H]3O[C@@H](C)[C@@H](O)[C@@H](O)[C@H]3O)[C@H]2O)(C(=O)O)C[C@@H]1O. The number of hydrogen-bond donors (Lipinski definition) is 20. The molecule has 0 spiro atoms. The molecular weight excluding hydrogens is 1060 g/mol. The van der Waals surface area contributed by atoms with Crippen molar-refractivity contribution in [3.05, 3.63) is 0 Å². The van der Waals surface area contributed by atoms with E-state index in [2.05, 4.69) is 10.6 Å². The van der Waals surface area contributed by atoms with Crippen LogP contribution in [0.3, 0.4) is 0 Å². The molecule has 6 fully saturated rings. The van der Waals surface area contributed by atoms with Crippen LogP contribution in [0.5, 0.6) is 0 Å². The minimum atomic E-state index is -3.04. The second-order valence-electron chi connectivity index (χ2n) is 19.7. The van der Waals surface area contributed by atoms with E-state index in [1.807, 2.05) is 0 Å². The first-order valence-electron chi connectivity index (χ1n) is 24.5. The van der Waals surface area contributed by atoms with E-state index >= 15 is 0 Å². The van der Waals surface area contributed by atoms with E-state index in [9.17, 15) is 106 Å². The van der Waals surface area contributed by atoms with Gasteiger partial charge in [-0.1, -0.05) is 0 Å². The number of rotatable bonds is 19. The summed E-state index contributed by atoms with van der Waals surface area (Å²) in [5.41, 5.74) is 0. The minimum absolute atomic E-state index is 0.802. The quantitative estimate of drug-likeness (QED) is 0.0571. The Bertz CT molecular complexity index is 1930. The summed E-state index contributed by atoms with van der Waals surface area (Å²) in [6, 6.07) is -3.50. The van der Waals surface area contributed by atoms with Crippen molar-refractivity contribution in [3.8, 4) is 0 Å². The molecule has 0 aromatic rings. The maximum Gasteiger partial charge on any atom is 0.364 e. The van der Waals surface area contributed by atoms with Gasteiger partial charge < -0.3 is 155 Å². The van der Waals surface area contributed by atoms with Gasteiger partial charge in [-0.25, -0.2) is 4.79 Å². The van der Waals surface area contributed by atoms with Gasteiger partial charge in [0.15, 0.2) is 31.5 Å². The molecular formula is C43H72N2O32. The Labute approximate surface area is 436 Å². The van der Waals surface area contributed by atoms with Crippen molar-refractivity contribution in [3.63, 3.8) is 0 Å². The van der Waals surface area contributed by atoms with Gasteiger partial charge >= 0.3 is 5.97 Å². The largest absolute Gasteiger partial charge is 0.477 e. The van der Waals surface area contributed by atoms with Gasteiger partial charge in [-0.15, -0.1) is 0 Å². The number of hydrogen-bond acceptors (Lipinski definition) is 31. The van der Waals surface area contributed by atoms with E-state index in [0.29, 0.717) is 0 Å². The van der Waals surface area contributed by atoms with Gasteiger partial charge in [0.2, 0.25) is 11.8 Å². The molecule has 6 saturated heterocycles. The lowest BCUT2D eigenvalue weighted by Crippen LogP contribution is -2.70. The molecule has 0 aromatic carbocycles. The molecule has 31 atom stereocenters. The van der Waals surface area contributed by atoms with Gasteiger partial charge in [0.25, 0.3) is 5.79 Å². The summed E-state index contributed by atoms with van der Waals surface area (Å²) in [5.74, 6) is -6.74. The zero-order chi connectivity index (χ0) is 57.3. The lowest BCUT2D eigenvalue weighted by molar-refractivity contribution is -0.410. The van der Waals surface area contributed by atoms with Crippen molar-refractivity contribution in [1.82, 2.24) is 10.6 Å². The van der Waals surface area contributed by atoms with Crippen LogP contribution in [-0.2, 0) is 66.5 Å². The third kappa shape index (κ3) is 13.6. The topological polar surface area (TPSA) is 541 Å². The van der Waals surface area contributed by atoms with Gasteiger partial charge in [-0.2, -0.15) is 0 Å². The number of aliphatic carboxylic acids is 1. The molecule has 6 heterocycles. The average molecular weight is 1130 g/mol. The zero-order valence-corrected chi connectivity index (χ0v) is 41.6. The number of aliphatic hydroxyl groups is 17. The maximum absolute atomic E-state index is 13.0. The molecule has 77 heavy (non-hydrogen) atoms. The Morgan fingerprint density at radius 2 is 1.01 bits per heavy atom. The summed E-state index contributed by atoms with van der Waals surface area (Å²) >= 11 is 0. The van der Waals surface area contributed by atoms with E-state index in [1.165, 1.54) is 13.8 Å². The second kappa shape index (κ2) is 26.5. The van der Waals surface area contributed by atoms with Crippen LogP contribution in [0.1, 0.15) is 34.1 Å². The molecule has 0 aliphatic carbocycles. The average Bonchev–Trinajstić information content (AvgIpc) is 3.40. The number of carbonyl (C=O) groups is 3. The highest BCUT2D eigenvalue weighted by atomic mass is 16.8. The standard InChI is InChI=1S/C43H72N2O32/c1-10-21(53)27(59)30(62)38(68-10)75-35-29(61)24(56)16(7-47)71-40(35)74-34-25(57)17(8-48)72-41(36(34)76-39-31(63)28(60)22(54)11(2)69-39)73-32-20(45-13(4)50)37(64)70-18(26(32)58)9-67-43(42(65)66)5-14(51)19(44-12(3)49)33(77-43)23(55)15(52)6-46/h10-11,14-41,46-48,51-64H,5-9H2,1-4H3,(H,44,49)(H,45,50)(H,65,66)/t10-,11-,14-,15+,16+,17+,18+,19+,20+,21+,22+,23+,24-,25-,26-,27+,28+,29-,30-,31+,32+,33+,34-,35+,36+,37?,38-,39-,40-,41-,43+/m0/s1. The highest BCUT2D eigenvalue weighted by Gasteiger charge is 2.60. The molecule has 2 amide bonds. The van der Waals surface area contributed by atoms with Crippen molar-refractivity contribution < 1.29 is 158 Å². The first-order chi connectivity index (χ1) is 36.1. The van der Waals surface area contributed by atoms with Crippen LogP contribution in [-0.4, -0.2) is 326 Å². The molecule has 34 heteroatoms. The Morgan fingerprint density at radius 1 is 0.545 bits per heavy atom. The molecule has 0 radical (unpaired) electrons. The molecule has 0 aromatic heterocycles. The maximum atomic E-state index is 13.0. The Hall–Kier alpha value is -2.71. The summed E-state index contributed by atoms with van der Waals surface area (Å²) < 4.78 is 64.0. The van der Waals surface area contributed by atoms with Crippen LogP contribution in [0, 0.1) is 0 Å². The van der Waals surface area contributed by atoms with Crippen LogP contribution in [0.2, 0.25) is 0 Å². The third-order valence-corrected chi connectivity index (χ3v) is 14.1. The highest BCUT2D eigenvalue weighted by molar-refractivity contribution is 5.76. The molecule has 6 aliphatic heterocycles. The second-order valence-corrected chi connectivity index (χ2v) is 19.7. The first kappa shape index (κ1) is 63.5. The van der Waals surface area contributed by atoms with E-state index in [0.717, 1.165) is 13.8 Å². The summed E-state index contributed by atoms with van der Waals surface area (Å²) in [6.45, 7) is 0.0707. The van der Waals surface area contributed by atoms with E-state index in [4.69, 9.17) is 52.1 Å². The Morgan fingerprint density at radius 3 is 1.52 bits per heavy atom. The number of nitrogens with one attached hydrogen (secondary N) is 2. The van der Waals surface area contributed by atoms with Crippen LogP contribution in [0.4, 0.5) is 0 Å². The Kier molecular flexibility index (Phi) is 21.8. The zero-order valence-electron chi connectivity index (χ0n) is 41.6. The smallest absolute Gasteiger partial charge is 0.364 e. The number of carboxylic acids is 1. The van der Waals surface area contributed by atoms with Gasteiger partial charge in [0.1, 0.15) is 128 Å². The predicted octanol–water partition coefficient (Wildman–Crippen LogP) is -12.6. The van der Waals surface area contributed by atoms with E-state index < -0.39 is 240 Å². The number of carbonyl (C=O) groups excluding carboxylic acids is 2. The van der Waals surface area contributed by atoms with Crippen LogP contribution < -0.4 is 10.6 Å². The monoisotopic (exact) mass is 1130 g/mol. The van der Waals surface area contributed by atoms with Crippen LogP contribution >= 0.6 is 0 Å². The summed E-state index contributed by atoms with van der Waals surface area (Å²) in [5, 5.41) is 199. The van der Waals surface area contributed by atoms with Gasteiger partial charge in [0.05, 0.1) is 50.8 Å². The van der Waals surface area contributed by atoms with Gasteiger partial charge in [0, 0.05) is 20.3 Å². The van der Waals surface area contributed by atoms with Crippen molar-refractivity contribution in [2.75, 3.05) is 26.4 Å². The van der Waals surface area contributed by atoms with E-state index in [-0.39, 0.29) is 0 Å². The minimum Gasteiger partial charge on any atom is -0.477 e. The molecule has 1 unspecified atom stereocenters. The number of aliphatic hydroxyl groups excluding tert-OH is 17. The van der Waals surface area contributed by atoms with Crippen LogP contribution in [0.15, 0.2) is 0 Å². The van der Waals surface area contributed by atoms with Gasteiger partial charge in [-0.3, -0.25) is 9.59 Å². The molecule has 34 nitrogen and oxygen atoms in total. The summed E-state index contributed by atoms with van der Waals surface area (Å²) in [7, 11) is 0. The lowest BCUT2D eigenvalue weighted by Gasteiger charge is -2.51. The Balaban J connectivity index is 1.37. The summed E-state index contributed by atoms with van der Waals surface area (Å²) in [6.07, 6.45) is -56.6. The van der Waals surface area contributed by atoms with Crippen molar-refractivity contribution in [2.45, 2.75) is 224 Å². The normalized spacial score (nSPS) is 48.6. The molecule has 6 rings (SSSR count). The summed E-state index contributed by atoms with van der Waals surface area (Å²) in [4.78, 5) is 37.6. The lowest BCUT2D eigenvalue weighted by atomic mass is 9.88. The van der Waals surface area contributed by atoms with Gasteiger partial charge in [-0.05, 0) is 13.8 Å². The number of amides is 2. The molecule has 6 aliphatic rings. The molecule has 446 valence electrons. The van der Waals surface area contributed by atoms with Crippen molar-refractivity contribution >= 4 is 17.8 Å². The fourth-order valence-corrected chi connectivity index (χ4v) is 9.75. The highest BCUT2D eigenvalue weighted by Crippen LogP contribution is 2.39. The predicted molar refractivity (Wildman–Crippen MR) is 237 cm³/mol. The number of ether oxygens (including phenoxy) is 11. The fourth-order valence-electron chi connectivity index (χ4n) is 9.75. The molecule has 20 N–H and O–H groups in total. The number of carboxylic acid groups (broad SMARTS) is 1.